The number of nitrogens with zero attached hydrogens (tertiary/aromatic N) is 1. The van der Waals surface area contributed by atoms with Crippen LogP contribution in [0, 0.1) is 6.92 Å². The van der Waals surface area contributed by atoms with E-state index in [2.05, 4.69) is 0 Å². The van der Waals surface area contributed by atoms with Crippen LogP contribution in [0.25, 0.3) is 11.0 Å². The minimum absolute atomic E-state index is 0.0880. The highest BCUT2D eigenvalue weighted by molar-refractivity contribution is 7.89. The molecule has 0 aliphatic carbocycles. The molecule has 1 heterocycles. The molecular formula is C16H22N2O5S. The van der Waals surface area contributed by atoms with Gasteiger partial charge in [-0.2, -0.15) is 4.31 Å². The molecule has 1 unspecified atom stereocenters. The summed E-state index contributed by atoms with van der Waals surface area (Å²) in [7, 11) is -2.19. The lowest BCUT2D eigenvalue weighted by Gasteiger charge is -2.23. The molecule has 0 aliphatic heterocycles. The van der Waals surface area contributed by atoms with Crippen molar-refractivity contribution in [2.45, 2.75) is 31.7 Å². The maximum absolute atomic E-state index is 12.7. The van der Waals surface area contributed by atoms with Gasteiger partial charge in [-0.25, -0.2) is 13.2 Å². The summed E-state index contributed by atoms with van der Waals surface area (Å²) in [4.78, 5) is 12.0. The van der Waals surface area contributed by atoms with Crippen LogP contribution in [-0.2, 0) is 14.8 Å². The first-order valence-electron chi connectivity index (χ1n) is 7.62. The Morgan fingerprint density at radius 1 is 1.42 bits per heavy atom. The monoisotopic (exact) mass is 354 g/mol. The molecule has 0 saturated heterocycles. The summed E-state index contributed by atoms with van der Waals surface area (Å²) in [5, 5.41) is 0.563. The van der Waals surface area contributed by atoms with E-state index in [0.717, 1.165) is 0 Å². The SMILES string of the molecule is CCOC(=O)c1oc2ccc(S(=O)(=O)N(C)C(C)CN)cc2c1C. The van der Waals surface area contributed by atoms with Gasteiger partial charge in [0.1, 0.15) is 5.58 Å². The standard InChI is InChI=1S/C16H22N2O5S/c1-5-22-16(19)15-11(3)13-8-12(6-7-14(13)23-15)24(20,21)18(4)10(2)9-17/h6-8,10H,5,9,17H2,1-4H3. The number of nitrogens with two attached hydrogens (primary N) is 1. The molecule has 0 aliphatic rings. The van der Waals surface area contributed by atoms with Crippen LogP contribution >= 0.6 is 0 Å². The minimum Gasteiger partial charge on any atom is -0.460 e. The van der Waals surface area contributed by atoms with Crippen LogP contribution in [0.3, 0.4) is 0 Å². The number of sulfonamides is 1. The van der Waals surface area contributed by atoms with E-state index in [1.54, 1.807) is 26.8 Å². The summed E-state index contributed by atoms with van der Waals surface area (Å²) in [6, 6.07) is 4.17. The van der Waals surface area contributed by atoms with Gasteiger partial charge in [0.25, 0.3) is 0 Å². The van der Waals surface area contributed by atoms with E-state index in [-0.39, 0.29) is 29.8 Å². The summed E-state index contributed by atoms with van der Waals surface area (Å²) in [5.41, 5.74) is 6.54. The molecule has 0 spiro atoms. The average Bonchev–Trinajstić information content (AvgIpc) is 2.90. The fourth-order valence-electron chi connectivity index (χ4n) is 2.30. The van der Waals surface area contributed by atoms with Gasteiger partial charge in [-0.3, -0.25) is 0 Å². The molecule has 2 aromatic rings. The fourth-order valence-corrected chi connectivity index (χ4v) is 3.70. The highest BCUT2D eigenvalue weighted by atomic mass is 32.2. The van der Waals surface area contributed by atoms with E-state index < -0.39 is 16.0 Å². The Kier molecular flexibility index (Phi) is 5.32. The maximum Gasteiger partial charge on any atom is 0.374 e. The lowest BCUT2D eigenvalue weighted by molar-refractivity contribution is 0.0491. The number of aryl methyl sites for hydroxylation is 1. The van der Waals surface area contributed by atoms with E-state index in [0.29, 0.717) is 16.5 Å². The summed E-state index contributed by atoms with van der Waals surface area (Å²) < 4.78 is 37.0. The molecular weight excluding hydrogens is 332 g/mol. The molecule has 1 aromatic carbocycles. The topological polar surface area (TPSA) is 103 Å². The van der Waals surface area contributed by atoms with Crippen LogP contribution in [0.2, 0.25) is 0 Å². The number of ether oxygens (including phenoxy) is 1. The predicted octanol–water partition coefficient (Wildman–Crippen LogP) is 1.89. The minimum atomic E-state index is -3.68. The van der Waals surface area contributed by atoms with Gasteiger partial charge in [-0.15, -0.1) is 0 Å². The summed E-state index contributed by atoms with van der Waals surface area (Å²) in [5.74, 6) is -0.477. The zero-order valence-electron chi connectivity index (χ0n) is 14.2. The van der Waals surface area contributed by atoms with Crippen molar-refractivity contribution in [3.63, 3.8) is 0 Å². The summed E-state index contributed by atoms with van der Waals surface area (Å²) >= 11 is 0. The van der Waals surface area contributed by atoms with Crippen LogP contribution < -0.4 is 5.73 Å². The zero-order valence-corrected chi connectivity index (χ0v) is 15.0. The van der Waals surface area contributed by atoms with E-state index >= 15 is 0 Å². The summed E-state index contributed by atoms with van der Waals surface area (Å²) in [6.45, 7) is 5.58. The van der Waals surface area contributed by atoms with Crippen LogP contribution in [0.4, 0.5) is 0 Å². The fraction of sp³-hybridized carbons (Fsp3) is 0.438. The second-order valence-electron chi connectivity index (χ2n) is 5.54. The molecule has 132 valence electrons. The summed E-state index contributed by atoms with van der Waals surface area (Å²) in [6.07, 6.45) is 0. The number of esters is 1. The van der Waals surface area contributed by atoms with Crippen LogP contribution in [-0.4, -0.2) is 44.9 Å². The smallest absolute Gasteiger partial charge is 0.374 e. The first-order chi connectivity index (χ1) is 11.2. The van der Waals surface area contributed by atoms with Gasteiger partial charge < -0.3 is 14.9 Å². The molecule has 2 N–H and O–H groups in total. The van der Waals surface area contributed by atoms with E-state index in [4.69, 9.17) is 14.9 Å². The third kappa shape index (κ3) is 3.17. The molecule has 0 bridgehead atoms. The Hall–Kier alpha value is -1.90. The highest BCUT2D eigenvalue weighted by Gasteiger charge is 2.26. The Bertz CT molecular complexity index is 857. The lowest BCUT2D eigenvalue weighted by atomic mass is 10.1. The van der Waals surface area contributed by atoms with Crippen molar-refractivity contribution < 1.29 is 22.4 Å². The number of furan rings is 1. The van der Waals surface area contributed by atoms with Gasteiger partial charge in [-0.1, -0.05) is 0 Å². The molecule has 8 heteroatoms. The van der Waals surface area contributed by atoms with Gasteiger partial charge >= 0.3 is 5.97 Å². The van der Waals surface area contributed by atoms with E-state index in [1.165, 1.54) is 23.5 Å². The number of likely N-dealkylation sites (N-methyl/N-ethyl adjacent to an activating group) is 1. The lowest BCUT2D eigenvalue weighted by Crippen LogP contribution is -2.39. The number of carbonyl (C=O) groups is 1. The van der Waals surface area contributed by atoms with E-state index in [1.807, 2.05) is 0 Å². The van der Waals surface area contributed by atoms with Crippen molar-refractivity contribution in [3.05, 3.63) is 29.5 Å². The quantitative estimate of drug-likeness (QED) is 0.795. The second kappa shape index (κ2) is 6.92. The molecule has 0 fully saturated rings. The van der Waals surface area contributed by atoms with Crippen LogP contribution in [0.15, 0.2) is 27.5 Å². The zero-order chi connectivity index (χ0) is 18.1. The number of hydrogen-bond donors (Lipinski definition) is 1. The van der Waals surface area contributed by atoms with E-state index in [9.17, 15) is 13.2 Å². The van der Waals surface area contributed by atoms with Crippen molar-refractivity contribution in [1.82, 2.24) is 4.31 Å². The van der Waals surface area contributed by atoms with Gasteiger partial charge in [0.05, 0.1) is 11.5 Å². The molecule has 0 saturated carbocycles. The molecule has 24 heavy (non-hydrogen) atoms. The number of benzene rings is 1. The van der Waals surface area contributed by atoms with Gasteiger partial charge in [-0.05, 0) is 39.0 Å². The Morgan fingerprint density at radius 2 is 2.08 bits per heavy atom. The second-order valence-corrected chi connectivity index (χ2v) is 7.54. The first-order valence-corrected chi connectivity index (χ1v) is 9.06. The van der Waals surface area contributed by atoms with Crippen LogP contribution in [0.1, 0.15) is 30.0 Å². The number of carbonyl (C=O) groups excluding carboxylic acids is 1. The Morgan fingerprint density at radius 3 is 2.67 bits per heavy atom. The number of rotatable bonds is 6. The number of hydrogen-bond acceptors (Lipinski definition) is 6. The normalized spacial score (nSPS) is 13.4. The predicted molar refractivity (Wildman–Crippen MR) is 90.4 cm³/mol. The Labute approximate surface area is 141 Å². The van der Waals surface area contributed by atoms with Crippen molar-refractivity contribution >= 4 is 27.0 Å². The first kappa shape index (κ1) is 18.4. The number of fused-ring (bicyclic) bond motifs is 1. The third-order valence-electron chi connectivity index (χ3n) is 4.01. The van der Waals surface area contributed by atoms with Gasteiger partial charge in [0.2, 0.25) is 15.8 Å². The van der Waals surface area contributed by atoms with Gasteiger partial charge in [0.15, 0.2) is 0 Å². The van der Waals surface area contributed by atoms with Crippen molar-refractivity contribution in [3.8, 4) is 0 Å². The van der Waals surface area contributed by atoms with Gasteiger partial charge in [0, 0.05) is 30.6 Å². The molecule has 2 rings (SSSR count). The Balaban J connectivity index is 2.52. The van der Waals surface area contributed by atoms with Crippen molar-refractivity contribution in [2.24, 2.45) is 5.73 Å². The molecule has 1 aromatic heterocycles. The maximum atomic E-state index is 12.7. The highest BCUT2D eigenvalue weighted by Crippen LogP contribution is 2.29. The average molecular weight is 354 g/mol. The van der Waals surface area contributed by atoms with Crippen molar-refractivity contribution in [1.29, 1.82) is 0 Å². The van der Waals surface area contributed by atoms with Crippen LogP contribution in [0.5, 0.6) is 0 Å². The van der Waals surface area contributed by atoms with Crippen molar-refractivity contribution in [2.75, 3.05) is 20.2 Å². The molecule has 0 radical (unpaired) electrons. The third-order valence-corrected chi connectivity index (χ3v) is 5.98. The molecule has 7 nitrogen and oxygen atoms in total. The largest absolute Gasteiger partial charge is 0.460 e. The molecule has 1 atom stereocenters. The molecule has 0 amide bonds.